The summed E-state index contributed by atoms with van der Waals surface area (Å²) in [6.45, 7) is 0. The Bertz CT molecular complexity index is 1600. The molecule has 38 heavy (non-hydrogen) atoms. The molecule has 0 aliphatic carbocycles. The number of nitrogens with zero attached hydrogens (tertiary/aromatic N) is 1. The Kier molecular flexibility index (Phi) is 6.67. The Balaban J connectivity index is 1.14. The van der Waals surface area contributed by atoms with Crippen LogP contribution in [0.2, 0.25) is 0 Å². The van der Waals surface area contributed by atoms with Gasteiger partial charge in [-0.1, -0.05) is 66.7 Å². The number of rotatable bonds is 5. The fourth-order valence-electron chi connectivity index (χ4n) is 4.93. The number of para-hydroxylation sites is 2. The fraction of sp³-hybridized carbons (Fsp3) is 0.0909. The van der Waals surface area contributed by atoms with Crippen molar-refractivity contribution in [3.63, 3.8) is 0 Å². The molecule has 5 heteroatoms. The van der Waals surface area contributed by atoms with Crippen molar-refractivity contribution in [1.82, 2.24) is 0 Å². The summed E-state index contributed by atoms with van der Waals surface area (Å²) in [7, 11) is 0. The van der Waals surface area contributed by atoms with Crippen LogP contribution in [0.15, 0.2) is 120 Å². The zero-order valence-electron chi connectivity index (χ0n) is 20.8. The molecule has 2 amide bonds. The Labute approximate surface area is 226 Å². The van der Waals surface area contributed by atoms with Crippen LogP contribution >= 0.6 is 11.8 Å². The van der Waals surface area contributed by atoms with Gasteiger partial charge in [-0.3, -0.25) is 14.5 Å². The fourth-order valence-corrected chi connectivity index (χ4v) is 5.67. The molecule has 0 bridgehead atoms. The first kappa shape index (κ1) is 24.0. The van der Waals surface area contributed by atoms with E-state index in [1.807, 2.05) is 108 Å². The number of amides is 2. The van der Waals surface area contributed by atoms with Crippen LogP contribution in [0.1, 0.15) is 21.5 Å². The number of fused-ring (bicyclic) bond motifs is 3. The van der Waals surface area contributed by atoms with Gasteiger partial charge < -0.3 is 5.32 Å². The van der Waals surface area contributed by atoms with Crippen LogP contribution in [-0.4, -0.2) is 17.6 Å². The van der Waals surface area contributed by atoms with Gasteiger partial charge in [0, 0.05) is 16.1 Å². The summed E-state index contributed by atoms with van der Waals surface area (Å²) in [5.41, 5.74) is 5.65. The quantitative estimate of drug-likeness (QED) is 0.245. The van der Waals surface area contributed by atoms with Crippen molar-refractivity contribution in [3.8, 4) is 0 Å². The summed E-state index contributed by atoms with van der Waals surface area (Å²) in [5, 5.41) is 5.11. The molecule has 0 radical (unpaired) electrons. The van der Waals surface area contributed by atoms with Crippen LogP contribution in [0.4, 0.5) is 17.1 Å². The second kappa shape index (κ2) is 10.6. The van der Waals surface area contributed by atoms with E-state index in [0.29, 0.717) is 17.0 Å². The Hall–Kier alpha value is -4.35. The largest absolute Gasteiger partial charge is 0.322 e. The van der Waals surface area contributed by atoms with Gasteiger partial charge in [0.2, 0.25) is 5.91 Å². The van der Waals surface area contributed by atoms with Gasteiger partial charge >= 0.3 is 0 Å². The van der Waals surface area contributed by atoms with Crippen LogP contribution in [-0.2, 0) is 17.6 Å². The molecule has 0 unspecified atom stereocenters. The highest BCUT2D eigenvalue weighted by Gasteiger charge is 2.25. The predicted octanol–water partition coefficient (Wildman–Crippen LogP) is 7.65. The lowest BCUT2D eigenvalue weighted by atomic mass is 10.0. The third kappa shape index (κ3) is 4.93. The SMILES string of the molecule is O=C(Nc1ccc(SCC(=O)N2c3ccccc3CCc3ccccc32)cc1)c1ccc2ccccc2c1. The van der Waals surface area contributed by atoms with Gasteiger partial charge in [0.05, 0.1) is 17.1 Å². The predicted molar refractivity (Wildman–Crippen MR) is 157 cm³/mol. The number of carbonyl (C=O) groups is 2. The van der Waals surface area contributed by atoms with Gasteiger partial charge in [0.1, 0.15) is 0 Å². The van der Waals surface area contributed by atoms with Crippen LogP contribution in [0.3, 0.4) is 0 Å². The number of nitrogens with one attached hydrogen (secondary N) is 1. The van der Waals surface area contributed by atoms with E-state index in [0.717, 1.165) is 39.9 Å². The zero-order valence-corrected chi connectivity index (χ0v) is 21.6. The second-order valence-corrected chi connectivity index (χ2v) is 10.4. The monoisotopic (exact) mass is 514 g/mol. The lowest BCUT2D eigenvalue weighted by molar-refractivity contribution is -0.115. The minimum Gasteiger partial charge on any atom is -0.322 e. The van der Waals surface area contributed by atoms with E-state index in [-0.39, 0.29) is 11.8 Å². The highest BCUT2D eigenvalue weighted by atomic mass is 32.2. The Morgan fingerprint density at radius 2 is 1.29 bits per heavy atom. The van der Waals surface area contributed by atoms with Crippen LogP contribution in [0.5, 0.6) is 0 Å². The summed E-state index contributed by atoms with van der Waals surface area (Å²) in [5.74, 6) is 0.209. The van der Waals surface area contributed by atoms with E-state index in [1.54, 1.807) is 0 Å². The smallest absolute Gasteiger partial charge is 0.255 e. The van der Waals surface area contributed by atoms with Crippen molar-refractivity contribution in [2.45, 2.75) is 17.7 Å². The average molecular weight is 515 g/mol. The number of thioether (sulfide) groups is 1. The molecule has 5 aromatic rings. The van der Waals surface area contributed by atoms with E-state index in [4.69, 9.17) is 0 Å². The number of hydrogen-bond donors (Lipinski definition) is 1. The van der Waals surface area contributed by atoms with Gasteiger partial charge in [-0.25, -0.2) is 0 Å². The number of carbonyl (C=O) groups excluding carboxylic acids is 2. The van der Waals surface area contributed by atoms with Crippen molar-refractivity contribution in [3.05, 3.63) is 132 Å². The third-order valence-corrected chi connectivity index (χ3v) is 7.86. The Morgan fingerprint density at radius 1 is 0.684 bits per heavy atom. The summed E-state index contributed by atoms with van der Waals surface area (Å²) >= 11 is 1.50. The van der Waals surface area contributed by atoms with Gasteiger partial charge in [-0.2, -0.15) is 0 Å². The average Bonchev–Trinajstić information content (AvgIpc) is 3.13. The van der Waals surface area contributed by atoms with E-state index >= 15 is 0 Å². The molecule has 0 saturated heterocycles. The van der Waals surface area contributed by atoms with Crippen LogP contribution < -0.4 is 10.2 Å². The first-order valence-corrected chi connectivity index (χ1v) is 13.7. The highest BCUT2D eigenvalue weighted by molar-refractivity contribution is 8.00. The molecular weight excluding hydrogens is 488 g/mol. The minimum atomic E-state index is -0.148. The standard InChI is InChI=1S/C33H26N2O2S/c36-32(35-30-11-5-3-8-24(30)14-15-25-9-4-6-12-31(25)35)22-38-29-19-17-28(18-20-29)34-33(37)27-16-13-23-7-1-2-10-26(23)21-27/h1-13,16-21H,14-15,22H2,(H,34,37). The van der Waals surface area contributed by atoms with E-state index < -0.39 is 0 Å². The van der Waals surface area contributed by atoms with Crippen molar-refractivity contribution in [2.75, 3.05) is 16.0 Å². The first-order chi connectivity index (χ1) is 18.7. The molecule has 0 saturated carbocycles. The summed E-state index contributed by atoms with van der Waals surface area (Å²) in [6.07, 6.45) is 1.83. The Morgan fingerprint density at radius 3 is 1.97 bits per heavy atom. The van der Waals surface area contributed by atoms with Crippen LogP contribution in [0, 0.1) is 0 Å². The molecule has 1 aliphatic heterocycles. The molecule has 0 fully saturated rings. The van der Waals surface area contributed by atoms with Crippen molar-refractivity contribution >= 4 is 51.4 Å². The molecule has 4 nitrogen and oxygen atoms in total. The molecule has 186 valence electrons. The summed E-state index contributed by atoms with van der Waals surface area (Å²) < 4.78 is 0. The molecular formula is C33H26N2O2S. The molecule has 6 rings (SSSR count). The van der Waals surface area contributed by atoms with Gasteiger partial charge in [-0.05, 0) is 83.3 Å². The van der Waals surface area contributed by atoms with Gasteiger partial charge in [-0.15, -0.1) is 11.8 Å². The second-order valence-electron chi connectivity index (χ2n) is 9.32. The number of aryl methyl sites for hydroxylation is 2. The number of hydrogen-bond acceptors (Lipinski definition) is 3. The van der Waals surface area contributed by atoms with E-state index in [2.05, 4.69) is 17.4 Å². The van der Waals surface area contributed by atoms with E-state index in [1.165, 1.54) is 22.9 Å². The maximum Gasteiger partial charge on any atom is 0.255 e. The topological polar surface area (TPSA) is 49.4 Å². The molecule has 1 heterocycles. The van der Waals surface area contributed by atoms with Gasteiger partial charge in [0.25, 0.3) is 5.91 Å². The normalized spacial score (nSPS) is 12.4. The molecule has 0 spiro atoms. The van der Waals surface area contributed by atoms with Crippen molar-refractivity contribution in [1.29, 1.82) is 0 Å². The lowest BCUT2D eigenvalue weighted by Crippen LogP contribution is -2.28. The zero-order chi connectivity index (χ0) is 25.9. The highest BCUT2D eigenvalue weighted by Crippen LogP contribution is 2.36. The maximum absolute atomic E-state index is 13.6. The van der Waals surface area contributed by atoms with Crippen molar-refractivity contribution < 1.29 is 9.59 Å². The van der Waals surface area contributed by atoms with E-state index in [9.17, 15) is 9.59 Å². The molecule has 0 atom stereocenters. The molecule has 1 N–H and O–H groups in total. The summed E-state index contributed by atoms with van der Waals surface area (Å²) in [6, 6.07) is 37.7. The summed E-state index contributed by atoms with van der Waals surface area (Å²) in [4.78, 5) is 29.2. The maximum atomic E-state index is 13.6. The van der Waals surface area contributed by atoms with Crippen LogP contribution in [0.25, 0.3) is 10.8 Å². The minimum absolute atomic E-state index is 0.0467. The first-order valence-electron chi connectivity index (χ1n) is 12.7. The van der Waals surface area contributed by atoms with Gasteiger partial charge in [0.15, 0.2) is 0 Å². The third-order valence-electron chi connectivity index (χ3n) is 6.86. The molecule has 0 aromatic heterocycles. The molecule has 1 aliphatic rings. The molecule has 5 aromatic carbocycles. The van der Waals surface area contributed by atoms with Crippen molar-refractivity contribution in [2.24, 2.45) is 0 Å². The number of benzene rings is 5. The lowest BCUT2D eigenvalue weighted by Gasteiger charge is -2.25. The number of anilines is 3.